The topological polar surface area (TPSA) is 72.3 Å². The Labute approximate surface area is 170 Å². The normalized spacial score (nSPS) is 15.8. The van der Waals surface area contributed by atoms with Gasteiger partial charge < -0.3 is 10.1 Å². The Hall–Kier alpha value is -3.03. The third-order valence-corrected chi connectivity index (χ3v) is 5.15. The van der Waals surface area contributed by atoms with Crippen LogP contribution in [-0.4, -0.2) is 58.6 Å². The van der Waals surface area contributed by atoms with Crippen molar-refractivity contribution in [2.75, 3.05) is 32.8 Å². The standard InChI is InChI=1S/C22H25N5O2/c1-17-6-5-7-18(14-17)20(26-10-12-29-13-11-26)15-23-22(28)21-16-24-25-27(21)19-8-3-2-4-9-19/h2-9,14,16,20H,10-13,15H2,1H3,(H,23,28). The Morgan fingerprint density at radius 3 is 2.69 bits per heavy atom. The Bertz CT molecular complexity index is 951. The summed E-state index contributed by atoms with van der Waals surface area (Å²) in [4.78, 5) is 15.3. The third kappa shape index (κ3) is 4.52. The molecule has 7 nitrogen and oxygen atoms in total. The maximum Gasteiger partial charge on any atom is 0.271 e. The number of aryl methyl sites for hydroxylation is 1. The number of hydrogen-bond acceptors (Lipinski definition) is 5. The van der Waals surface area contributed by atoms with Crippen LogP contribution in [0.2, 0.25) is 0 Å². The summed E-state index contributed by atoms with van der Waals surface area (Å²) in [7, 11) is 0. The number of nitrogens with one attached hydrogen (secondary N) is 1. The summed E-state index contributed by atoms with van der Waals surface area (Å²) in [5.41, 5.74) is 3.63. The fourth-order valence-electron chi connectivity index (χ4n) is 3.65. The van der Waals surface area contributed by atoms with Gasteiger partial charge in [-0.1, -0.05) is 53.2 Å². The monoisotopic (exact) mass is 391 g/mol. The molecule has 0 spiro atoms. The fourth-order valence-corrected chi connectivity index (χ4v) is 3.65. The second kappa shape index (κ2) is 8.98. The first-order valence-electron chi connectivity index (χ1n) is 9.85. The molecule has 1 N–H and O–H groups in total. The molecule has 2 aromatic carbocycles. The molecule has 1 atom stereocenters. The number of benzene rings is 2. The van der Waals surface area contributed by atoms with Crippen LogP contribution in [0.4, 0.5) is 0 Å². The van der Waals surface area contributed by atoms with Gasteiger partial charge in [0.25, 0.3) is 5.91 Å². The molecule has 1 fully saturated rings. The molecule has 150 valence electrons. The van der Waals surface area contributed by atoms with Gasteiger partial charge in [0.2, 0.25) is 0 Å². The number of hydrogen-bond donors (Lipinski definition) is 1. The van der Waals surface area contributed by atoms with E-state index in [-0.39, 0.29) is 11.9 Å². The van der Waals surface area contributed by atoms with Crippen molar-refractivity contribution in [2.45, 2.75) is 13.0 Å². The second-order valence-electron chi connectivity index (χ2n) is 7.15. The van der Waals surface area contributed by atoms with Crippen molar-refractivity contribution in [3.8, 4) is 5.69 Å². The summed E-state index contributed by atoms with van der Waals surface area (Å²) in [6.07, 6.45) is 1.50. The van der Waals surface area contributed by atoms with Gasteiger partial charge in [-0.15, -0.1) is 5.10 Å². The Kier molecular flexibility index (Phi) is 5.97. The number of carbonyl (C=O) groups is 1. The molecule has 0 saturated carbocycles. The zero-order chi connectivity index (χ0) is 20.1. The van der Waals surface area contributed by atoms with Crippen LogP contribution in [0, 0.1) is 6.92 Å². The first-order chi connectivity index (χ1) is 14.2. The van der Waals surface area contributed by atoms with Gasteiger partial charge in [-0.3, -0.25) is 9.69 Å². The lowest BCUT2D eigenvalue weighted by Gasteiger charge is -2.35. The molecule has 29 heavy (non-hydrogen) atoms. The van der Waals surface area contributed by atoms with Gasteiger partial charge in [0.1, 0.15) is 0 Å². The van der Waals surface area contributed by atoms with Crippen LogP contribution in [0.25, 0.3) is 5.69 Å². The van der Waals surface area contributed by atoms with Crippen molar-refractivity contribution in [3.05, 3.63) is 77.6 Å². The van der Waals surface area contributed by atoms with Gasteiger partial charge in [-0.2, -0.15) is 0 Å². The quantitative estimate of drug-likeness (QED) is 0.699. The van der Waals surface area contributed by atoms with Crippen molar-refractivity contribution in [2.24, 2.45) is 0 Å². The van der Waals surface area contributed by atoms with Crippen LogP contribution in [0.5, 0.6) is 0 Å². The van der Waals surface area contributed by atoms with Crippen LogP contribution in [0.1, 0.15) is 27.7 Å². The number of morpholine rings is 1. The summed E-state index contributed by atoms with van der Waals surface area (Å²) >= 11 is 0. The van der Waals surface area contributed by atoms with E-state index in [1.807, 2.05) is 30.3 Å². The molecule has 1 aliphatic rings. The largest absolute Gasteiger partial charge is 0.379 e. The van der Waals surface area contributed by atoms with E-state index < -0.39 is 0 Å². The minimum Gasteiger partial charge on any atom is -0.379 e. The number of ether oxygens (including phenoxy) is 1. The summed E-state index contributed by atoms with van der Waals surface area (Å²) in [5.74, 6) is -0.190. The summed E-state index contributed by atoms with van der Waals surface area (Å²) in [6, 6.07) is 18.1. The summed E-state index contributed by atoms with van der Waals surface area (Å²) in [6.45, 7) is 5.70. The highest BCUT2D eigenvalue weighted by molar-refractivity contribution is 5.92. The molecule has 2 heterocycles. The average Bonchev–Trinajstić information content (AvgIpc) is 3.25. The van der Waals surface area contributed by atoms with E-state index in [0.717, 1.165) is 18.8 Å². The van der Waals surface area contributed by atoms with Crippen molar-refractivity contribution < 1.29 is 9.53 Å². The second-order valence-corrected chi connectivity index (χ2v) is 7.15. The predicted molar refractivity (Wildman–Crippen MR) is 110 cm³/mol. The SMILES string of the molecule is Cc1cccc(C(CNC(=O)c2cnnn2-c2ccccc2)N2CCOCC2)c1. The van der Waals surface area contributed by atoms with E-state index in [1.54, 1.807) is 4.68 Å². The molecule has 1 aromatic heterocycles. The van der Waals surface area contributed by atoms with Gasteiger partial charge in [0.15, 0.2) is 5.69 Å². The van der Waals surface area contributed by atoms with Crippen molar-refractivity contribution >= 4 is 5.91 Å². The Balaban J connectivity index is 1.52. The molecule has 1 unspecified atom stereocenters. The third-order valence-electron chi connectivity index (χ3n) is 5.15. The minimum atomic E-state index is -0.190. The predicted octanol–water partition coefficient (Wildman–Crippen LogP) is 2.38. The number of carbonyl (C=O) groups excluding carboxylic acids is 1. The lowest BCUT2D eigenvalue weighted by Crippen LogP contribution is -2.44. The first kappa shape index (κ1) is 19.3. The fraction of sp³-hybridized carbons (Fsp3) is 0.318. The zero-order valence-electron chi connectivity index (χ0n) is 16.5. The van der Waals surface area contributed by atoms with Gasteiger partial charge in [0.05, 0.1) is 31.1 Å². The molecule has 7 heteroatoms. The number of aromatic nitrogens is 3. The zero-order valence-corrected chi connectivity index (χ0v) is 16.5. The van der Waals surface area contributed by atoms with E-state index in [1.165, 1.54) is 17.3 Å². The highest BCUT2D eigenvalue weighted by atomic mass is 16.5. The van der Waals surface area contributed by atoms with Gasteiger partial charge in [0, 0.05) is 19.6 Å². The number of amides is 1. The van der Waals surface area contributed by atoms with E-state index in [4.69, 9.17) is 4.74 Å². The van der Waals surface area contributed by atoms with Crippen LogP contribution in [-0.2, 0) is 4.74 Å². The molecule has 0 bridgehead atoms. The van der Waals surface area contributed by atoms with E-state index >= 15 is 0 Å². The van der Waals surface area contributed by atoms with Gasteiger partial charge in [-0.05, 0) is 24.6 Å². The van der Waals surface area contributed by atoms with Crippen LogP contribution >= 0.6 is 0 Å². The first-order valence-corrected chi connectivity index (χ1v) is 9.85. The Morgan fingerprint density at radius 1 is 1.14 bits per heavy atom. The molecular weight excluding hydrogens is 366 g/mol. The minimum absolute atomic E-state index is 0.0869. The molecule has 4 rings (SSSR count). The molecule has 1 aliphatic heterocycles. The van der Waals surface area contributed by atoms with Crippen molar-refractivity contribution in [1.29, 1.82) is 0 Å². The van der Waals surface area contributed by atoms with Crippen LogP contribution in [0.3, 0.4) is 0 Å². The molecule has 3 aromatic rings. The number of para-hydroxylation sites is 1. The maximum atomic E-state index is 12.9. The lowest BCUT2D eigenvalue weighted by molar-refractivity contribution is 0.0162. The van der Waals surface area contributed by atoms with E-state index in [2.05, 4.69) is 51.7 Å². The molecule has 1 saturated heterocycles. The van der Waals surface area contributed by atoms with Crippen molar-refractivity contribution in [1.82, 2.24) is 25.2 Å². The Morgan fingerprint density at radius 2 is 1.93 bits per heavy atom. The van der Waals surface area contributed by atoms with Gasteiger partial charge in [-0.25, -0.2) is 4.68 Å². The average molecular weight is 391 g/mol. The van der Waals surface area contributed by atoms with E-state index in [9.17, 15) is 4.79 Å². The van der Waals surface area contributed by atoms with Gasteiger partial charge >= 0.3 is 0 Å². The van der Waals surface area contributed by atoms with Crippen molar-refractivity contribution in [3.63, 3.8) is 0 Å². The number of nitrogens with zero attached hydrogens (tertiary/aromatic N) is 4. The summed E-state index contributed by atoms with van der Waals surface area (Å²) in [5, 5.41) is 11.1. The lowest BCUT2D eigenvalue weighted by atomic mass is 10.0. The molecular formula is C22H25N5O2. The summed E-state index contributed by atoms with van der Waals surface area (Å²) < 4.78 is 7.07. The smallest absolute Gasteiger partial charge is 0.271 e. The molecule has 0 radical (unpaired) electrons. The molecule has 1 amide bonds. The number of rotatable bonds is 6. The van der Waals surface area contributed by atoms with Crippen LogP contribution < -0.4 is 5.32 Å². The highest BCUT2D eigenvalue weighted by Gasteiger charge is 2.24. The maximum absolute atomic E-state index is 12.9. The molecule has 0 aliphatic carbocycles. The van der Waals surface area contributed by atoms with E-state index in [0.29, 0.717) is 25.5 Å². The van der Waals surface area contributed by atoms with Crippen LogP contribution in [0.15, 0.2) is 60.8 Å². The highest BCUT2D eigenvalue weighted by Crippen LogP contribution is 2.22.